The van der Waals surface area contributed by atoms with Crippen molar-refractivity contribution in [2.45, 2.75) is 51.9 Å². The van der Waals surface area contributed by atoms with Gasteiger partial charge in [0.15, 0.2) is 0 Å². The maximum Gasteiger partial charge on any atom is 0.0409 e. The Morgan fingerprint density at radius 1 is 1.27 bits per heavy atom. The molecule has 0 bridgehead atoms. The van der Waals surface area contributed by atoms with Crippen LogP contribution in [0.3, 0.4) is 0 Å². The van der Waals surface area contributed by atoms with Crippen molar-refractivity contribution in [3.05, 3.63) is 29.6 Å². The SMILES string of the molecule is CCc1ccnc(CC2CCCCC2)c1. The number of nitrogens with zero attached hydrogens (tertiary/aromatic N) is 1. The van der Waals surface area contributed by atoms with Crippen LogP contribution in [0.25, 0.3) is 0 Å². The fourth-order valence-electron chi connectivity index (χ4n) is 2.55. The Labute approximate surface area is 92.9 Å². The monoisotopic (exact) mass is 203 g/mol. The number of pyridine rings is 1. The molecule has 2 rings (SSSR count). The van der Waals surface area contributed by atoms with Crippen LogP contribution in [0.5, 0.6) is 0 Å². The van der Waals surface area contributed by atoms with Crippen LogP contribution in [-0.4, -0.2) is 4.98 Å². The summed E-state index contributed by atoms with van der Waals surface area (Å²) in [4.78, 5) is 4.48. The lowest BCUT2D eigenvalue weighted by Gasteiger charge is -2.21. The van der Waals surface area contributed by atoms with Gasteiger partial charge in [0.2, 0.25) is 0 Å². The molecule has 82 valence electrons. The van der Waals surface area contributed by atoms with Crippen molar-refractivity contribution in [2.75, 3.05) is 0 Å². The molecular formula is C14H21N. The van der Waals surface area contributed by atoms with Crippen molar-refractivity contribution in [1.29, 1.82) is 0 Å². The number of hydrogen-bond acceptors (Lipinski definition) is 1. The maximum atomic E-state index is 4.48. The third kappa shape index (κ3) is 3.05. The highest BCUT2D eigenvalue weighted by Crippen LogP contribution is 2.26. The third-order valence-corrected chi connectivity index (χ3v) is 3.51. The molecule has 1 aliphatic carbocycles. The largest absolute Gasteiger partial charge is 0.261 e. The van der Waals surface area contributed by atoms with Gasteiger partial charge in [-0.05, 0) is 36.5 Å². The van der Waals surface area contributed by atoms with Gasteiger partial charge >= 0.3 is 0 Å². The van der Waals surface area contributed by atoms with Gasteiger partial charge in [-0.15, -0.1) is 0 Å². The van der Waals surface area contributed by atoms with Crippen LogP contribution in [-0.2, 0) is 12.8 Å². The van der Waals surface area contributed by atoms with Crippen molar-refractivity contribution in [2.24, 2.45) is 5.92 Å². The molecule has 0 aliphatic heterocycles. The third-order valence-electron chi connectivity index (χ3n) is 3.51. The van der Waals surface area contributed by atoms with Gasteiger partial charge in [0.1, 0.15) is 0 Å². The molecule has 1 nitrogen and oxygen atoms in total. The van der Waals surface area contributed by atoms with E-state index in [1.807, 2.05) is 6.20 Å². The van der Waals surface area contributed by atoms with Gasteiger partial charge in [-0.3, -0.25) is 4.98 Å². The molecular weight excluding hydrogens is 182 g/mol. The van der Waals surface area contributed by atoms with E-state index in [9.17, 15) is 0 Å². The highest BCUT2D eigenvalue weighted by atomic mass is 14.7. The lowest BCUT2D eigenvalue weighted by molar-refractivity contribution is 0.354. The predicted molar refractivity (Wildman–Crippen MR) is 63.9 cm³/mol. The van der Waals surface area contributed by atoms with Gasteiger partial charge < -0.3 is 0 Å². The van der Waals surface area contributed by atoms with Crippen LogP contribution in [0.15, 0.2) is 18.3 Å². The summed E-state index contributed by atoms with van der Waals surface area (Å²) in [7, 11) is 0. The first-order valence-corrected chi connectivity index (χ1v) is 6.32. The van der Waals surface area contributed by atoms with Crippen LogP contribution in [0.4, 0.5) is 0 Å². The fourth-order valence-corrected chi connectivity index (χ4v) is 2.55. The first kappa shape index (κ1) is 10.7. The molecule has 1 fully saturated rings. The summed E-state index contributed by atoms with van der Waals surface area (Å²) in [6, 6.07) is 4.42. The van der Waals surface area contributed by atoms with Crippen molar-refractivity contribution in [3.63, 3.8) is 0 Å². The normalized spacial score (nSPS) is 17.9. The maximum absolute atomic E-state index is 4.48. The van der Waals surface area contributed by atoms with Crippen molar-refractivity contribution in [1.82, 2.24) is 4.98 Å². The summed E-state index contributed by atoms with van der Waals surface area (Å²) < 4.78 is 0. The molecule has 0 saturated heterocycles. The number of aromatic nitrogens is 1. The zero-order chi connectivity index (χ0) is 10.5. The topological polar surface area (TPSA) is 12.9 Å². The van der Waals surface area contributed by atoms with E-state index >= 15 is 0 Å². The first-order chi connectivity index (χ1) is 7.38. The second-order valence-electron chi connectivity index (χ2n) is 4.72. The molecule has 0 radical (unpaired) electrons. The van der Waals surface area contributed by atoms with Crippen molar-refractivity contribution in [3.8, 4) is 0 Å². The average Bonchev–Trinajstić information content (AvgIpc) is 2.31. The minimum absolute atomic E-state index is 0.901. The van der Waals surface area contributed by atoms with E-state index in [-0.39, 0.29) is 0 Å². The van der Waals surface area contributed by atoms with Gasteiger partial charge in [-0.1, -0.05) is 39.0 Å². The van der Waals surface area contributed by atoms with Crippen LogP contribution < -0.4 is 0 Å². The smallest absolute Gasteiger partial charge is 0.0409 e. The van der Waals surface area contributed by atoms with E-state index < -0.39 is 0 Å². The second kappa shape index (κ2) is 5.29. The van der Waals surface area contributed by atoms with E-state index in [4.69, 9.17) is 0 Å². The Bertz CT molecular complexity index is 300. The van der Waals surface area contributed by atoms with Crippen molar-refractivity contribution < 1.29 is 0 Å². The van der Waals surface area contributed by atoms with Gasteiger partial charge in [-0.2, -0.15) is 0 Å². The summed E-state index contributed by atoms with van der Waals surface area (Å²) in [5, 5.41) is 0. The summed E-state index contributed by atoms with van der Waals surface area (Å²) in [5.41, 5.74) is 2.73. The molecule has 1 heterocycles. The summed E-state index contributed by atoms with van der Waals surface area (Å²) in [6.07, 6.45) is 11.4. The fraction of sp³-hybridized carbons (Fsp3) is 0.643. The zero-order valence-electron chi connectivity index (χ0n) is 9.71. The van der Waals surface area contributed by atoms with Gasteiger partial charge in [0.25, 0.3) is 0 Å². The molecule has 0 atom stereocenters. The molecule has 0 spiro atoms. The van der Waals surface area contributed by atoms with Crippen molar-refractivity contribution >= 4 is 0 Å². The summed E-state index contributed by atoms with van der Waals surface area (Å²) in [5.74, 6) is 0.901. The molecule has 0 amide bonds. The van der Waals surface area contributed by atoms with Crippen LogP contribution in [0.2, 0.25) is 0 Å². The van der Waals surface area contributed by atoms with Gasteiger partial charge in [0, 0.05) is 11.9 Å². The highest BCUT2D eigenvalue weighted by molar-refractivity contribution is 5.16. The Hall–Kier alpha value is -0.850. The van der Waals surface area contributed by atoms with E-state index in [0.717, 1.165) is 12.3 Å². The lowest BCUT2D eigenvalue weighted by Crippen LogP contribution is -2.10. The first-order valence-electron chi connectivity index (χ1n) is 6.32. The highest BCUT2D eigenvalue weighted by Gasteiger charge is 2.14. The number of hydrogen-bond donors (Lipinski definition) is 0. The second-order valence-corrected chi connectivity index (χ2v) is 4.72. The molecule has 15 heavy (non-hydrogen) atoms. The van der Waals surface area contributed by atoms with E-state index in [2.05, 4.69) is 24.0 Å². The molecule has 1 heteroatoms. The minimum atomic E-state index is 0.901. The van der Waals surface area contributed by atoms with Gasteiger partial charge in [-0.25, -0.2) is 0 Å². The Morgan fingerprint density at radius 2 is 2.07 bits per heavy atom. The molecule has 0 unspecified atom stereocenters. The van der Waals surface area contributed by atoms with Gasteiger partial charge in [0.05, 0.1) is 0 Å². The van der Waals surface area contributed by atoms with Crippen LogP contribution in [0, 0.1) is 5.92 Å². The molecule has 1 aliphatic rings. The molecule has 0 aromatic carbocycles. The minimum Gasteiger partial charge on any atom is -0.261 e. The molecule has 1 aromatic rings. The summed E-state index contributed by atoms with van der Waals surface area (Å²) >= 11 is 0. The Kier molecular flexibility index (Phi) is 3.76. The lowest BCUT2D eigenvalue weighted by atomic mass is 9.86. The van der Waals surface area contributed by atoms with E-state index in [0.29, 0.717) is 0 Å². The standard InChI is InChI=1S/C14H21N/c1-2-12-8-9-15-14(10-12)11-13-6-4-3-5-7-13/h8-10,13H,2-7,11H2,1H3. The van der Waals surface area contributed by atoms with E-state index in [1.54, 1.807) is 0 Å². The van der Waals surface area contributed by atoms with Crippen LogP contribution >= 0.6 is 0 Å². The Morgan fingerprint density at radius 3 is 2.80 bits per heavy atom. The molecule has 0 N–H and O–H groups in total. The number of rotatable bonds is 3. The predicted octanol–water partition coefficient (Wildman–Crippen LogP) is 3.77. The number of aryl methyl sites for hydroxylation is 1. The van der Waals surface area contributed by atoms with E-state index in [1.165, 1.54) is 49.8 Å². The quantitative estimate of drug-likeness (QED) is 0.728. The molecule has 1 aromatic heterocycles. The zero-order valence-corrected chi connectivity index (χ0v) is 9.71. The Balaban J connectivity index is 1.96. The summed E-state index contributed by atoms with van der Waals surface area (Å²) in [6.45, 7) is 2.21. The van der Waals surface area contributed by atoms with Crippen LogP contribution in [0.1, 0.15) is 50.3 Å². The average molecular weight is 203 g/mol. The molecule has 1 saturated carbocycles.